The second-order valence-electron chi connectivity index (χ2n) is 5.76. The molecule has 0 aliphatic rings. The number of carbonyl (C=O) groups is 1. The molecule has 3 heteroatoms. The molecule has 1 amide bonds. The minimum Gasteiger partial charge on any atom is -0.506 e. The van der Waals surface area contributed by atoms with Crippen LogP contribution in [0.1, 0.15) is 10.4 Å². The van der Waals surface area contributed by atoms with Gasteiger partial charge in [-0.1, -0.05) is 66.7 Å². The van der Waals surface area contributed by atoms with E-state index in [9.17, 15) is 9.90 Å². The van der Waals surface area contributed by atoms with Crippen molar-refractivity contribution in [3.05, 3.63) is 78.4 Å². The molecule has 24 heavy (non-hydrogen) atoms. The maximum absolute atomic E-state index is 12.1. The van der Waals surface area contributed by atoms with Crippen LogP contribution in [0.15, 0.2) is 72.8 Å². The summed E-state index contributed by atoms with van der Waals surface area (Å²) in [6, 6.07) is 23.2. The lowest BCUT2D eigenvalue weighted by Gasteiger charge is -2.14. The lowest BCUT2D eigenvalue weighted by Crippen LogP contribution is -2.13. The molecule has 0 unspecified atom stereocenters. The van der Waals surface area contributed by atoms with Gasteiger partial charge in [-0.05, 0) is 33.4 Å². The molecular weight excluding hydrogens is 298 g/mol. The van der Waals surface area contributed by atoms with Gasteiger partial charge in [-0.15, -0.1) is 0 Å². The average molecular weight is 313 g/mol. The molecule has 4 aromatic carbocycles. The minimum absolute atomic E-state index is 0.0662. The van der Waals surface area contributed by atoms with Gasteiger partial charge in [-0.25, -0.2) is 0 Å². The van der Waals surface area contributed by atoms with E-state index in [0.717, 1.165) is 21.7 Å². The van der Waals surface area contributed by atoms with E-state index in [1.807, 2.05) is 66.7 Å². The molecule has 0 aliphatic heterocycles. The Hall–Kier alpha value is -3.33. The normalized spacial score (nSPS) is 11.0. The van der Waals surface area contributed by atoms with E-state index in [0.29, 0.717) is 10.9 Å². The van der Waals surface area contributed by atoms with Gasteiger partial charge >= 0.3 is 0 Å². The second-order valence-corrected chi connectivity index (χ2v) is 5.76. The van der Waals surface area contributed by atoms with Crippen molar-refractivity contribution in [1.29, 1.82) is 0 Å². The highest BCUT2D eigenvalue weighted by Crippen LogP contribution is 2.39. The number of carbonyl (C=O) groups excluding carboxylic acids is 1. The summed E-state index contributed by atoms with van der Waals surface area (Å²) in [5.41, 5.74) is 7.27. The molecule has 3 nitrogen and oxygen atoms in total. The lowest BCUT2D eigenvalue weighted by atomic mass is 9.91. The van der Waals surface area contributed by atoms with Crippen molar-refractivity contribution in [3.63, 3.8) is 0 Å². The van der Waals surface area contributed by atoms with Crippen LogP contribution in [-0.2, 0) is 0 Å². The first-order chi connectivity index (χ1) is 11.7. The highest BCUT2D eigenvalue weighted by atomic mass is 16.3. The number of hydrogen-bond donors (Lipinski definition) is 2. The zero-order chi connectivity index (χ0) is 16.7. The smallest absolute Gasteiger partial charge is 0.253 e. The van der Waals surface area contributed by atoms with Gasteiger partial charge in [0.25, 0.3) is 5.91 Å². The largest absolute Gasteiger partial charge is 0.506 e. The lowest BCUT2D eigenvalue weighted by molar-refractivity contribution is 0.0998. The van der Waals surface area contributed by atoms with E-state index in [2.05, 4.69) is 0 Å². The topological polar surface area (TPSA) is 63.3 Å². The minimum atomic E-state index is -0.638. The van der Waals surface area contributed by atoms with E-state index in [-0.39, 0.29) is 11.3 Å². The second kappa shape index (κ2) is 5.39. The Labute approximate surface area is 139 Å². The molecule has 0 saturated heterocycles. The van der Waals surface area contributed by atoms with Crippen molar-refractivity contribution in [3.8, 4) is 16.9 Å². The molecule has 0 aliphatic carbocycles. The zero-order valence-electron chi connectivity index (χ0n) is 12.9. The fourth-order valence-corrected chi connectivity index (χ4v) is 3.25. The highest BCUT2D eigenvalue weighted by Gasteiger charge is 2.19. The summed E-state index contributed by atoms with van der Waals surface area (Å²) in [7, 11) is 0. The van der Waals surface area contributed by atoms with E-state index in [1.54, 1.807) is 6.07 Å². The maximum Gasteiger partial charge on any atom is 0.253 e. The van der Waals surface area contributed by atoms with Gasteiger partial charge in [0.15, 0.2) is 0 Å². The summed E-state index contributed by atoms with van der Waals surface area (Å²) >= 11 is 0. The number of phenols is 1. The number of fused-ring (bicyclic) bond motifs is 2. The molecular formula is C21H15NO2. The van der Waals surface area contributed by atoms with Gasteiger partial charge < -0.3 is 10.8 Å². The highest BCUT2D eigenvalue weighted by molar-refractivity contribution is 6.12. The van der Waals surface area contributed by atoms with Gasteiger partial charge in [0.2, 0.25) is 0 Å². The number of nitrogens with two attached hydrogens (primary N) is 1. The zero-order valence-corrected chi connectivity index (χ0v) is 12.9. The summed E-state index contributed by atoms with van der Waals surface area (Å²) in [5, 5.41) is 14.2. The Bertz CT molecular complexity index is 1090. The summed E-state index contributed by atoms with van der Waals surface area (Å²) < 4.78 is 0. The van der Waals surface area contributed by atoms with Crippen molar-refractivity contribution < 1.29 is 9.90 Å². The van der Waals surface area contributed by atoms with E-state index in [1.165, 1.54) is 0 Å². The standard InChI is InChI=1S/C21H15NO2/c22-21(24)19-18(12-14-7-2-4-10-16(14)20(19)23)17-11-5-8-13-6-1-3-9-15(13)17/h1-12,23H,(H2,22,24). The first-order valence-electron chi connectivity index (χ1n) is 7.69. The van der Waals surface area contributed by atoms with Crippen LogP contribution in [0.25, 0.3) is 32.7 Å². The van der Waals surface area contributed by atoms with Crippen LogP contribution in [0.5, 0.6) is 5.75 Å². The number of aromatic hydroxyl groups is 1. The molecule has 116 valence electrons. The molecule has 0 saturated carbocycles. The maximum atomic E-state index is 12.1. The first kappa shape index (κ1) is 14.3. The van der Waals surface area contributed by atoms with Crippen molar-refractivity contribution in [2.45, 2.75) is 0 Å². The third-order valence-electron chi connectivity index (χ3n) is 4.35. The van der Waals surface area contributed by atoms with E-state index in [4.69, 9.17) is 5.73 Å². The molecule has 4 aromatic rings. The van der Waals surface area contributed by atoms with Crippen molar-refractivity contribution in [1.82, 2.24) is 0 Å². The molecule has 0 spiro atoms. The molecule has 0 fully saturated rings. The molecule has 0 radical (unpaired) electrons. The SMILES string of the molecule is NC(=O)c1c(-c2cccc3ccccc23)cc2ccccc2c1O. The van der Waals surface area contributed by atoms with Gasteiger partial charge in [0.05, 0.1) is 5.56 Å². The van der Waals surface area contributed by atoms with Crippen LogP contribution in [0.2, 0.25) is 0 Å². The third-order valence-corrected chi connectivity index (χ3v) is 4.35. The van der Waals surface area contributed by atoms with Crippen LogP contribution in [-0.4, -0.2) is 11.0 Å². The molecule has 4 rings (SSSR count). The monoisotopic (exact) mass is 313 g/mol. The predicted octanol–water partition coefficient (Wildman–Crippen LogP) is 4.46. The van der Waals surface area contributed by atoms with Crippen molar-refractivity contribution in [2.24, 2.45) is 5.73 Å². The van der Waals surface area contributed by atoms with Crippen LogP contribution in [0.4, 0.5) is 0 Å². The Morgan fingerprint density at radius 1 is 0.750 bits per heavy atom. The predicted molar refractivity (Wildman–Crippen MR) is 97.1 cm³/mol. The fourth-order valence-electron chi connectivity index (χ4n) is 3.25. The fraction of sp³-hybridized carbons (Fsp3) is 0. The van der Waals surface area contributed by atoms with Gasteiger partial charge in [0.1, 0.15) is 5.75 Å². The van der Waals surface area contributed by atoms with E-state index >= 15 is 0 Å². The molecule has 3 N–H and O–H groups in total. The molecule has 0 heterocycles. The Balaban J connectivity index is 2.16. The average Bonchev–Trinajstić information content (AvgIpc) is 2.61. The van der Waals surface area contributed by atoms with Gasteiger partial charge in [0, 0.05) is 5.39 Å². The summed E-state index contributed by atoms with van der Waals surface area (Å²) in [4.78, 5) is 12.1. The van der Waals surface area contributed by atoms with Crippen LogP contribution in [0, 0.1) is 0 Å². The van der Waals surface area contributed by atoms with Gasteiger partial charge in [-0.2, -0.15) is 0 Å². The Morgan fingerprint density at radius 3 is 2.12 bits per heavy atom. The molecule has 0 atom stereocenters. The van der Waals surface area contributed by atoms with Crippen molar-refractivity contribution in [2.75, 3.05) is 0 Å². The summed E-state index contributed by atoms with van der Waals surface area (Å²) in [5.74, 6) is -0.704. The van der Waals surface area contributed by atoms with Crippen LogP contribution >= 0.6 is 0 Å². The quantitative estimate of drug-likeness (QED) is 0.573. The van der Waals surface area contributed by atoms with E-state index < -0.39 is 5.91 Å². The first-order valence-corrected chi connectivity index (χ1v) is 7.69. The van der Waals surface area contributed by atoms with Gasteiger partial charge in [-0.3, -0.25) is 4.79 Å². The number of amides is 1. The van der Waals surface area contributed by atoms with Crippen molar-refractivity contribution >= 4 is 27.5 Å². The number of hydrogen-bond acceptors (Lipinski definition) is 2. The molecule has 0 bridgehead atoms. The number of primary amides is 1. The number of benzene rings is 4. The Kier molecular flexibility index (Phi) is 3.21. The summed E-state index contributed by atoms with van der Waals surface area (Å²) in [6.07, 6.45) is 0. The number of rotatable bonds is 2. The third kappa shape index (κ3) is 2.10. The Morgan fingerprint density at radius 2 is 1.38 bits per heavy atom. The van der Waals surface area contributed by atoms with Crippen LogP contribution in [0.3, 0.4) is 0 Å². The van der Waals surface area contributed by atoms with Crippen LogP contribution < -0.4 is 5.73 Å². The molecule has 0 aromatic heterocycles. The summed E-state index contributed by atoms with van der Waals surface area (Å²) in [6.45, 7) is 0.